The fourth-order valence-electron chi connectivity index (χ4n) is 3.95. The molecule has 1 aliphatic carbocycles. The van der Waals surface area contributed by atoms with Crippen LogP contribution < -0.4 is 0 Å². The van der Waals surface area contributed by atoms with Gasteiger partial charge in [0.2, 0.25) is 0 Å². The van der Waals surface area contributed by atoms with Gasteiger partial charge in [0.1, 0.15) is 0 Å². The van der Waals surface area contributed by atoms with Crippen molar-refractivity contribution in [3.05, 3.63) is 71.8 Å². The van der Waals surface area contributed by atoms with Crippen LogP contribution in [0.25, 0.3) is 0 Å². The molecule has 3 rings (SSSR count). The molecule has 0 aromatic heterocycles. The minimum atomic E-state index is -0.621. The van der Waals surface area contributed by atoms with Gasteiger partial charge in [-0.2, -0.15) is 0 Å². The van der Waals surface area contributed by atoms with Crippen LogP contribution in [-0.4, -0.2) is 22.5 Å². The molecule has 1 N–H and O–H groups in total. The molecular formula is C22H27NO2. The summed E-state index contributed by atoms with van der Waals surface area (Å²) in [6.07, 6.45) is 4.05. The molecule has 0 bridgehead atoms. The zero-order chi connectivity index (χ0) is 17.5. The average molecular weight is 337 g/mol. The van der Waals surface area contributed by atoms with E-state index in [2.05, 4.69) is 53.4 Å². The summed E-state index contributed by atoms with van der Waals surface area (Å²) in [7, 11) is 0. The first-order valence-corrected chi connectivity index (χ1v) is 9.25. The second-order valence-corrected chi connectivity index (χ2v) is 7.13. The Bertz CT molecular complexity index is 615. The fraction of sp³-hybridized carbons (Fsp3) is 0.409. The average Bonchev–Trinajstić information content (AvgIpc) is 2.63. The number of nitrogens with zero attached hydrogens (tertiary/aromatic N) is 1. The largest absolute Gasteiger partial charge is 0.481 e. The number of hydrogen-bond donors (Lipinski definition) is 1. The van der Waals surface area contributed by atoms with Gasteiger partial charge in [-0.25, -0.2) is 0 Å². The molecule has 25 heavy (non-hydrogen) atoms. The second kappa shape index (κ2) is 8.82. The van der Waals surface area contributed by atoms with E-state index < -0.39 is 5.97 Å². The van der Waals surface area contributed by atoms with Crippen molar-refractivity contribution in [1.29, 1.82) is 0 Å². The number of carboxylic acids is 1. The van der Waals surface area contributed by atoms with Gasteiger partial charge in [-0.3, -0.25) is 9.69 Å². The standard InChI is InChI=1S/C22H27NO2/c24-22(25)21-14-8-7-13-20(21)17-23(15-18-9-3-1-4-10-18)16-19-11-5-2-6-12-19/h1-6,9-12,20-21H,7-8,13-17H2,(H,24,25). The van der Waals surface area contributed by atoms with E-state index in [1.54, 1.807) is 0 Å². The van der Waals surface area contributed by atoms with Crippen LogP contribution in [0.5, 0.6) is 0 Å². The number of carbonyl (C=O) groups is 1. The second-order valence-electron chi connectivity index (χ2n) is 7.13. The third kappa shape index (κ3) is 5.17. The predicted octanol–water partition coefficient (Wildman–Crippen LogP) is 4.58. The lowest BCUT2D eigenvalue weighted by atomic mass is 9.79. The predicted molar refractivity (Wildman–Crippen MR) is 100 cm³/mol. The molecule has 2 aromatic rings. The molecule has 0 aliphatic heterocycles. The molecule has 0 radical (unpaired) electrons. The molecule has 2 atom stereocenters. The summed E-state index contributed by atoms with van der Waals surface area (Å²) in [6, 6.07) is 20.9. The first-order valence-electron chi connectivity index (χ1n) is 9.25. The lowest BCUT2D eigenvalue weighted by Crippen LogP contribution is -2.37. The van der Waals surface area contributed by atoms with Crippen LogP contribution in [0.4, 0.5) is 0 Å². The highest BCUT2D eigenvalue weighted by Gasteiger charge is 2.31. The van der Waals surface area contributed by atoms with E-state index >= 15 is 0 Å². The lowest BCUT2D eigenvalue weighted by molar-refractivity contribution is -0.145. The summed E-state index contributed by atoms with van der Waals surface area (Å²) in [4.78, 5) is 14.1. The number of aliphatic carboxylic acids is 1. The third-order valence-electron chi connectivity index (χ3n) is 5.22. The Morgan fingerprint density at radius 1 is 0.880 bits per heavy atom. The molecule has 1 fully saturated rings. The van der Waals surface area contributed by atoms with E-state index in [1.807, 2.05) is 12.1 Å². The van der Waals surface area contributed by atoms with Crippen molar-refractivity contribution in [1.82, 2.24) is 4.90 Å². The highest BCUT2D eigenvalue weighted by Crippen LogP contribution is 2.31. The zero-order valence-electron chi connectivity index (χ0n) is 14.7. The maximum Gasteiger partial charge on any atom is 0.306 e. The molecular weight excluding hydrogens is 310 g/mol. The summed E-state index contributed by atoms with van der Waals surface area (Å²) in [6.45, 7) is 2.57. The summed E-state index contributed by atoms with van der Waals surface area (Å²) < 4.78 is 0. The first-order chi connectivity index (χ1) is 12.2. The van der Waals surface area contributed by atoms with Crippen LogP contribution in [0.15, 0.2) is 60.7 Å². The Labute approximate surface area is 150 Å². The van der Waals surface area contributed by atoms with E-state index in [0.717, 1.165) is 45.3 Å². The minimum absolute atomic E-state index is 0.192. The quantitative estimate of drug-likeness (QED) is 0.804. The van der Waals surface area contributed by atoms with Crippen LogP contribution in [0, 0.1) is 11.8 Å². The van der Waals surface area contributed by atoms with E-state index in [0.29, 0.717) is 0 Å². The normalized spacial score (nSPS) is 20.5. The number of hydrogen-bond acceptors (Lipinski definition) is 2. The first kappa shape index (κ1) is 17.7. The topological polar surface area (TPSA) is 40.5 Å². The van der Waals surface area contributed by atoms with Crippen LogP contribution in [0.1, 0.15) is 36.8 Å². The Kier molecular flexibility index (Phi) is 6.24. The summed E-state index contributed by atoms with van der Waals surface area (Å²) in [5.41, 5.74) is 2.56. The van der Waals surface area contributed by atoms with Crippen molar-refractivity contribution < 1.29 is 9.90 Å². The fourth-order valence-corrected chi connectivity index (χ4v) is 3.95. The highest BCUT2D eigenvalue weighted by atomic mass is 16.4. The molecule has 0 saturated heterocycles. The monoisotopic (exact) mass is 337 g/mol. The van der Waals surface area contributed by atoms with Gasteiger partial charge in [-0.1, -0.05) is 73.5 Å². The van der Waals surface area contributed by atoms with Gasteiger partial charge in [0.15, 0.2) is 0 Å². The van der Waals surface area contributed by atoms with Gasteiger partial charge in [-0.05, 0) is 29.9 Å². The molecule has 132 valence electrons. The molecule has 2 unspecified atom stereocenters. The van der Waals surface area contributed by atoms with E-state index in [-0.39, 0.29) is 11.8 Å². The van der Waals surface area contributed by atoms with E-state index in [4.69, 9.17) is 0 Å². The maximum absolute atomic E-state index is 11.6. The highest BCUT2D eigenvalue weighted by molar-refractivity contribution is 5.70. The summed E-state index contributed by atoms with van der Waals surface area (Å²) >= 11 is 0. The molecule has 3 heteroatoms. The van der Waals surface area contributed by atoms with Gasteiger partial charge < -0.3 is 5.11 Å². The molecule has 0 spiro atoms. The number of carboxylic acid groups (broad SMARTS) is 1. The van der Waals surface area contributed by atoms with Gasteiger partial charge in [0, 0.05) is 19.6 Å². The number of rotatable bonds is 7. The maximum atomic E-state index is 11.6. The molecule has 0 amide bonds. The minimum Gasteiger partial charge on any atom is -0.481 e. The zero-order valence-corrected chi connectivity index (χ0v) is 14.7. The van der Waals surface area contributed by atoms with E-state index in [1.165, 1.54) is 11.1 Å². The van der Waals surface area contributed by atoms with Crippen molar-refractivity contribution in [2.75, 3.05) is 6.54 Å². The molecule has 3 nitrogen and oxygen atoms in total. The third-order valence-corrected chi connectivity index (χ3v) is 5.22. The van der Waals surface area contributed by atoms with Crippen molar-refractivity contribution in [3.8, 4) is 0 Å². The Morgan fingerprint density at radius 3 is 1.92 bits per heavy atom. The summed E-state index contributed by atoms with van der Waals surface area (Å²) in [5.74, 6) is -0.564. The summed E-state index contributed by atoms with van der Waals surface area (Å²) in [5, 5.41) is 9.58. The van der Waals surface area contributed by atoms with Gasteiger partial charge in [-0.15, -0.1) is 0 Å². The Balaban J connectivity index is 1.74. The van der Waals surface area contributed by atoms with Crippen LogP contribution in [0.2, 0.25) is 0 Å². The van der Waals surface area contributed by atoms with Crippen molar-refractivity contribution in [2.45, 2.75) is 38.8 Å². The van der Waals surface area contributed by atoms with Crippen LogP contribution >= 0.6 is 0 Å². The van der Waals surface area contributed by atoms with E-state index in [9.17, 15) is 9.90 Å². The lowest BCUT2D eigenvalue weighted by Gasteiger charge is -2.33. The van der Waals surface area contributed by atoms with Crippen LogP contribution in [-0.2, 0) is 17.9 Å². The molecule has 2 aromatic carbocycles. The smallest absolute Gasteiger partial charge is 0.306 e. The Morgan fingerprint density at radius 2 is 1.40 bits per heavy atom. The molecule has 1 saturated carbocycles. The van der Waals surface area contributed by atoms with Crippen molar-refractivity contribution >= 4 is 5.97 Å². The Hall–Kier alpha value is -2.13. The van der Waals surface area contributed by atoms with Gasteiger partial charge in [0.05, 0.1) is 5.92 Å². The van der Waals surface area contributed by atoms with Crippen molar-refractivity contribution in [2.24, 2.45) is 11.8 Å². The van der Waals surface area contributed by atoms with Crippen molar-refractivity contribution in [3.63, 3.8) is 0 Å². The molecule has 1 aliphatic rings. The van der Waals surface area contributed by atoms with Gasteiger partial charge >= 0.3 is 5.97 Å². The number of benzene rings is 2. The van der Waals surface area contributed by atoms with Crippen LogP contribution in [0.3, 0.4) is 0 Å². The SMILES string of the molecule is O=C(O)C1CCCCC1CN(Cc1ccccc1)Cc1ccccc1. The molecule has 0 heterocycles. The van der Waals surface area contributed by atoms with Gasteiger partial charge in [0.25, 0.3) is 0 Å².